The second-order valence-corrected chi connectivity index (χ2v) is 9.40. The van der Waals surface area contributed by atoms with Crippen molar-refractivity contribution in [1.29, 1.82) is 0 Å². The monoisotopic (exact) mass is 447 g/mol. The van der Waals surface area contributed by atoms with Crippen molar-refractivity contribution in [3.05, 3.63) is 33.7 Å². The van der Waals surface area contributed by atoms with Crippen molar-refractivity contribution in [1.82, 2.24) is 4.90 Å². The van der Waals surface area contributed by atoms with Gasteiger partial charge in [0.2, 0.25) is 0 Å². The van der Waals surface area contributed by atoms with Gasteiger partial charge < -0.3 is 14.4 Å². The minimum absolute atomic E-state index is 0.0117. The number of rotatable bonds is 8. The molecule has 0 aliphatic carbocycles. The van der Waals surface area contributed by atoms with Crippen LogP contribution in [0.15, 0.2) is 17.0 Å². The van der Waals surface area contributed by atoms with Crippen molar-refractivity contribution in [2.75, 3.05) is 26.0 Å². The van der Waals surface area contributed by atoms with Crippen LogP contribution in [0.4, 0.5) is 0 Å². The van der Waals surface area contributed by atoms with Gasteiger partial charge in [0.25, 0.3) is 5.91 Å². The number of thioether (sulfide) groups is 1. The highest BCUT2D eigenvalue weighted by molar-refractivity contribution is 8.04. The third-order valence-electron chi connectivity index (χ3n) is 5.11. The molecule has 0 unspecified atom stereocenters. The van der Waals surface area contributed by atoms with Crippen LogP contribution < -0.4 is 4.74 Å². The third kappa shape index (κ3) is 6.86. The molecule has 6 nitrogen and oxygen atoms in total. The molecule has 1 aliphatic rings. The van der Waals surface area contributed by atoms with E-state index < -0.39 is 0 Å². The van der Waals surface area contributed by atoms with Gasteiger partial charge in [-0.1, -0.05) is 27.7 Å². The minimum atomic E-state index is -0.337. The van der Waals surface area contributed by atoms with Gasteiger partial charge >= 0.3 is 11.9 Å². The van der Waals surface area contributed by atoms with E-state index in [1.165, 1.54) is 14.0 Å². The lowest BCUT2D eigenvalue weighted by atomic mass is 9.91. The summed E-state index contributed by atoms with van der Waals surface area (Å²) in [6, 6.07) is 4.01. The molecule has 7 heteroatoms. The molecule has 1 amide bonds. The van der Waals surface area contributed by atoms with E-state index >= 15 is 0 Å². The number of ether oxygens (including phenoxy) is 2. The number of carbonyl (C=O) groups excluding carboxylic acids is 3. The molecule has 31 heavy (non-hydrogen) atoms. The first-order valence-corrected chi connectivity index (χ1v) is 11.7. The SMILES string of the molecule is COC(=O)CCCN1CCS/C(=C/c2cc(C(C)C)c(OC(C)=O)c(C(C)C)c2)C1=O. The predicted octanol–water partition coefficient (Wildman–Crippen LogP) is 4.73. The Morgan fingerprint density at radius 3 is 2.29 bits per heavy atom. The van der Waals surface area contributed by atoms with E-state index in [0.717, 1.165) is 22.4 Å². The molecule has 0 radical (unpaired) electrons. The average Bonchev–Trinajstić information content (AvgIpc) is 2.70. The molecule has 170 valence electrons. The van der Waals surface area contributed by atoms with Crippen LogP contribution in [-0.4, -0.2) is 48.7 Å². The number of esters is 2. The van der Waals surface area contributed by atoms with Gasteiger partial charge in [0.05, 0.1) is 12.0 Å². The van der Waals surface area contributed by atoms with E-state index in [9.17, 15) is 14.4 Å². The fourth-order valence-electron chi connectivity index (χ4n) is 3.47. The minimum Gasteiger partial charge on any atom is -0.469 e. The molecule has 1 fully saturated rings. The molecule has 1 aromatic rings. The van der Waals surface area contributed by atoms with Gasteiger partial charge in [-0.05, 0) is 53.2 Å². The highest BCUT2D eigenvalue weighted by Gasteiger charge is 2.25. The van der Waals surface area contributed by atoms with Crippen LogP contribution in [-0.2, 0) is 19.1 Å². The number of nitrogens with zero attached hydrogens (tertiary/aromatic N) is 1. The van der Waals surface area contributed by atoms with Crippen LogP contribution in [0.25, 0.3) is 6.08 Å². The molecule has 1 aliphatic heterocycles. The quantitative estimate of drug-likeness (QED) is 0.326. The summed E-state index contributed by atoms with van der Waals surface area (Å²) in [5, 5.41) is 0. The summed E-state index contributed by atoms with van der Waals surface area (Å²) in [7, 11) is 1.37. The van der Waals surface area contributed by atoms with Crippen molar-refractivity contribution >= 4 is 35.7 Å². The lowest BCUT2D eigenvalue weighted by Gasteiger charge is -2.28. The summed E-state index contributed by atoms with van der Waals surface area (Å²) in [4.78, 5) is 38.5. The Morgan fingerprint density at radius 1 is 1.16 bits per heavy atom. The molecule has 1 saturated heterocycles. The number of hydrogen-bond donors (Lipinski definition) is 0. The zero-order valence-corrected chi connectivity index (χ0v) is 20.1. The molecular formula is C24H33NO5S. The van der Waals surface area contributed by atoms with Gasteiger partial charge in [0.1, 0.15) is 5.75 Å². The molecule has 0 aromatic heterocycles. The van der Waals surface area contributed by atoms with Gasteiger partial charge in [-0.25, -0.2) is 0 Å². The van der Waals surface area contributed by atoms with Crippen LogP contribution in [0.1, 0.15) is 76.0 Å². The first-order valence-electron chi connectivity index (χ1n) is 10.7. The molecular weight excluding hydrogens is 414 g/mol. The Hall–Kier alpha value is -2.28. The highest BCUT2D eigenvalue weighted by atomic mass is 32.2. The Bertz CT molecular complexity index is 831. The number of hydrogen-bond acceptors (Lipinski definition) is 6. The van der Waals surface area contributed by atoms with E-state index in [1.54, 1.807) is 16.7 Å². The summed E-state index contributed by atoms with van der Waals surface area (Å²) >= 11 is 1.55. The normalized spacial score (nSPS) is 15.7. The average molecular weight is 448 g/mol. The predicted molar refractivity (Wildman–Crippen MR) is 124 cm³/mol. The second-order valence-electron chi connectivity index (χ2n) is 8.26. The number of benzene rings is 1. The Morgan fingerprint density at radius 2 is 1.77 bits per heavy atom. The lowest BCUT2D eigenvalue weighted by Crippen LogP contribution is -2.37. The van der Waals surface area contributed by atoms with E-state index in [4.69, 9.17) is 4.74 Å². The zero-order chi connectivity index (χ0) is 23.1. The molecule has 0 atom stereocenters. The van der Waals surface area contributed by atoms with E-state index in [0.29, 0.717) is 36.6 Å². The molecule has 0 spiro atoms. The zero-order valence-electron chi connectivity index (χ0n) is 19.3. The first-order chi connectivity index (χ1) is 14.6. The van der Waals surface area contributed by atoms with Crippen molar-refractivity contribution < 1.29 is 23.9 Å². The van der Waals surface area contributed by atoms with E-state index in [2.05, 4.69) is 32.4 Å². The Balaban J connectivity index is 2.33. The van der Waals surface area contributed by atoms with Crippen LogP contribution >= 0.6 is 11.8 Å². The fourth-order valence-corrected chi connectivity index (χ4v) is 4.47. The summed E-state index contributed by atoms with van der Waals surface area (Å²) in [6.07, 6.45) is 2.82. The van der Waals surface area contributed by atoms with Crippen molar-refractivity contribution in [2.45, 2.75) is 59.3 Å². The molecule has 0 bridgehead atoms. The topological polar surface area (TPSA) is 72.9 Å². The van der Waals surface area contributed by atoms with Gasteiger partial charge in [-0.2, -0.15) is 0 Å². The number of amides is 1. The molecule has 1 aromatic carbocycles. The van der Waals surface area contributed by atoms with Crippen molar-refractivity contribution in [3.63, 3.8) is 0 Å². The summed E-state index contributed by atoms with van der Waals surface area (Å²) in [6.45, 7) is 10.9. The Labute approximate surface area is 189 Å². The standard InChI is InChI=1S/C24H33NO5S/c1-15(2)19-12-18(13-20(16(3)4)23(19)30-17(5)26)14-21-24(28)25(10-11-31-21)9-7-8-22(27)29-6/h12-16H,7-11H2,1-6H3/b21-14+. The lowest BCUT2D eigenvalue weighted by molar-refractivity contribution is -0.141. The summed E-state index contributed by atoms with van der Waals surface area (Å²) in [5.41, 5.74) is 2.84. The van der Waals surface area contributed by atoms with Crippen LogP contribution in [0.2, 0.25) is 0 Å². The van der Waals surface area contributed by atoms with E-state index in [-0.39, 0.29) is 29.7 Å². The van der Waals surface area contributed by atoms with Crippen LogP contribution in [0, 0.1) is 0 Å². The largest absolute Gasteiger partial charge is 0.469 e. The Kier molecular flexibility index (Phi) is 9.16. The smallest absolute Gasteiger partial charge is 0.308 e. The maximum absolute atomic E-state index is 13.0. The molecule has 0 saturated carbocycles. The van der Waals surface area contributed by atoms with Crippen LogP contribution in [0.3, 0.4) is 0 Å². The number of methoxy groups -OCH3 is 1. The molecule has 1 heterocycles. The maximum Gasteiger partial charge on any atom is 0.308 e. The third-order valence-corrected chi connectivity index (χ3v) is 6.10. The first kappa shape index (κ1) is 25.0. The van der Waals surface area contributed by atoms with E-state index in [1.807, 2.05) is 18.2 Å². The molecule has 0 N–H and O–H groups in total. The van der Waals surface area contributed by atoms with Crippen molar-refractivity contribution in [3.8, 4) is 5.75 Å². The van der Waals surface area contributed by atoms with Crippen molar-refractivity contribution in [2.24, 2.45) is 0 Å². The summed E-state index contributed by atoms with van der Waals surface area (Å²) < 4.78 is 10.2. The van der Waals surface area contributed by atoms with Gasteiger partial charge in [-0.15, -0.1) is 11.8 Å². The summed E-state index contributed by atoms with van der Waals surface area (Å²) in [5.74, 6) is 1.16. The fraction of sp³-hybridized carbons (Fsp3) is 0.542. The van der Waals surface area contributed by atoms with Gasteiger partial charge in [0.15, 0.2) is 0 Å². The van der Waals surface area contributed by atoms with Gasteiger partial charge in [0, 0.05) is 32.2 Å². The molecule has 2 rings (SSSR count). The number of carbonyl (C=O) groups is 3. The highest BCUT2D eigenvalue weighted by Crippen LogP contribution is 2.37. The van der Waals surface area contributed by atoms with Gasteiger partial charge in [-0.3, -0.25) is 14.4 Å². The van der Waals surface area contributed by atoms with Crippen LogP contribution in [0.5, 0.6) is 5.75 Å². The maximum atomic E-state index is 13.0. The second kappa shape index (κ2) is 11.4.